The van der Waals surface area contributed by atoms with Crippen molar-refractivity contribution < 1.29 is 29.3 Å². The summed E-state index contributed by atoms with van der Waals surface area (Å²) in [6.07, 6.45) is 1.83. The van der Waals surface area contributed by atoms with Gasteiger partial charge in [-0.05, 0) is 46.2 Å². The number of imidazole rings is 1. The number of nitrogens with zero attached hydrogens (tertiary/aromatic N) is 1. The van der Waals surface area contributed by atoms with E-state index in [1.54, 1.807) is 13.8 Å². The van der Waals surface area contributed by atoms with Crippen molar-refractivity contribution in [1.82, 2.24) is 15.3 Å². The molecule has 5 rings (SSSR count). The number of nitrogens with one attached hydrogen (secondary N) is 2. The number of hydrogen-bond acceptors (Lipinski definition) is 8. The summed E-state index contributed by atoms with van der Waals surface area (Å²) in [4.78, 5) is 47.5. The molecule has 0 spiro atoms. The normalized spacial score (nSPS) is 20.7. The average molecular weight is 502 g/mol. The van der Waals surface area contributed by atoms with Gasteiger partial charge >= 0.3 is 0 Å². The third-order valence-corrected chi connectivity index (χ3v) is 7.30. The molecule has 37 heavy (non-hydrogen) atoms. The highest BCUT2D eigenvalue weighted by Crippen LogP contribution is 2.57. The minimum atomic E-state index is -1.56. The van der Waals surface area contributed by atoms with E-state index in [9.17, 15) is 24.6 Å². The topological polar surface area (TPSA) is 142 Å². The maximum Gasteiger partial charge on any atom is 0.194 e. The van der Waals surface area contributed by atoms with Gasteiger partial charge in [-0.25, -0.2) is 4.98 Å². The van der Waals surface area contributed by atoms with E-state index in [0.717, 1.165) is 11.0 Å². The molecule has 2 aliphatic rings. The molecule has 0 saturated heterocycles. The summed E-state index contributed by atoms with van der Waals surface area (Å²) >= 11 is 0. The Morgan fingerprint density at radius 1 is 1.19 bits per heavy atom. The monoisotopic (exact) mass is 501 g/mol. The van der Waals surface area contributed by atoms with E-state index in [2.05, 4.69) is 15.3 Å². The first-order chi connectivity index (χ1) is 17.5. The Labute approximate surface area is 212 Å². The first-order valence-electron chi connectivity index (χ1n) is 12.0. The average Bonchev–Trinajstić information content (AvgIpc) is 3.40. The van der Waals surface area contributed by atoms with Gasteiger partial charge < -0.3 is 25.3 Å². The lowest BCUT2D eigenvalue weighted by Gasteiger charge is -2.29. The van der Waals surface area contributed by atoms with Crippen LogP contribution in [0, 0.1) is 6.92 Å². The number of Topliss-reactive ketones (excluding diaryl/α,β-unsaturated/α-hetero) is 2. The number of phenolic OH excluding ortho intramolecular Hbond substituents is 2. The maximum absolute atomic E-state index is 14.0. The molecule has 1 aliphatic heterocycles. The predicted molar refractivity (Wildman–Crippen MR) is 136 cm³/mol. The number of rotatable bonds is 5. The van der Waals surface area contributed by atoms with Crippen LogP contribution in [0.4, 0.5) is 0 Å². The van der Waals surface area contributed by atoms with Gasteiger partial charge in [0.1, 0.15) is 39.8 Å². The number of aromatic hydroxyl groups is 2. The van der Waals surface area contributed by atoms with Crippen LogP contribution in [0.15, 0.2) is 47.4 Å². The first kappa shape index (κ1) is 24.3. The van der Waals surface area contributed by atoms with E-state index >= 15 is 0 Å². The summed E-state index contributed by atoms with van der Waals surface area (Å²) in [6.45, 7) is 7.86. The fourth-order valence-corrected chi connectivity index (χ4v) is 5.20. The molecule has 0 fully saturated rings. The third kappa shape index (κ3) is 3.37. The van der Waals surface area contributed by atoms with E-state index in [-0.39, 0.29) is 45.6 Å². The molecule has 1 aliphatic carbocycles. The molecule has 0 radical (unpaired) electrons. The van der Waals surface area contributed by atoms with Crippen LogP contribution >= 0.6 is 0 Å². The van der Waals surface area contributed by atoms with Crippen LogP contribution in [-0.4, -0.2) is 37.5 Å². The summed E-state index contributed by atoms with van der Waals surface area (Å²) in [5, 5.41) is 24.8. The highest BCUT2D eigenvalue weighted by molar-refractivity contribution is 6.31. The molecule has 9 nitrogen and oxygen atoms in total. The molecule has 1 aromatic heterocycles. The number of aromatic nitrogens is 2. The minimum Gasteiger partial charge on any atom is -0.507 e. The zero-order chi connectivity index (χ0) is 26.8. The highest BCUT2D eigenvalue weighted by Gasteiger charge is 2.56. The number of carbonyl (C=O) groups excluding carboxylic acids is 3. The number of allylic oxidation sites excluding steroid dienone is 4. The number of aromatic amines is 1. The van der Waals surface area contributed by atoms with Crippen LogP contribution in [0.3, 0.4) is 0 Å². The zero-order valence-electron chi connectivity index (χ0n) is 21.1. The minimum absolute atomic E-state index is 0.00109. The van der Waals surface area contributed by atoms with Gasteiger partial charge in [-0.3, -0.25) is 14.4 Å². The van der Waals surface area contributed by atoms with Crippen molar-refractivity contribution in [3.05, 3.63) is 69.9 Å². The quantitative estimate of drug-likeness (QED) is 0.232. The summed E-state index contributed by atoms with van der Waals surface area (Å²) in [7, 11) is 0. The second-order valence-corrected chi connectivity index (χ2v) is 9.63. The van der Waals surface area contributed by atoms with Gasteiger partial charge in [0.25, 0.3) is 0 Å². The molecule has 2 aromatic carbocycles. The summed E-state index contributed by atoms with van der Waals surface area (Å²) in [5.74, 6) is -1.84. The molecule has 9 heteroatoms. The van der Waals surface area contributed by atoms with Gasteiger partial charge in [-0.1, -0.05) is 19.1 Å². The SMILES string of the molecule is CCC(N/C(C)=C1\C(=O)C=C2Oc3c(C(C)=O)c(O)c(C)c(O)c3[C@]2(C)C1=O)c1nc2ccccc2[nH]1. The molecule has 3 aromatic rings. The molecule has 1 unspecified atom stereocenters. The van der Waals surface area contributed by atoms with Gasteiger partial charge in [-0.2, -0.15) is 0 Å². The summed E-state index contributed by atoms with van der Waals surface area (Å²) in [5.41, 5.74) is 0.378. The molecule has 2 heterocycles. The van der Waals surface area contributed by atoms with Crippen molar-refractivity contribution in [3.63, 3.8) is 0 Å². The van der Waals surface area contributed by atoms with E-state index in [1.165, 1.54) is 19.9 Å². The molecular formula is C28H27N3O6. The summed E-state index contributed by atoms with van der Waals surface area (Å²) < 4.78 is 5.82. The number of carbonyl (C=O) groups is 3. The van der Waals surface area contributed by atoms with Gasteiger partial charge in [0, 0.05) is 17.3 Å². The molecule has 0 bridgehead atoms. The predicted octanol–water partition coefficient (Wildman–Crippen LogP) is 4.19. The van der Waals surface area contributed by atoms with Crippen molar-refractivity contribution in [2.75, 3.05) is 0 Å². The number of fused-ring (bicyclic) bond motifs is 4. The number of hydrogen-bond donors (Lipinski definition) is 4. The van der Waals surface area contributed by atoms with Crippen molar-refractivity contribution in [2.45, 2.75) is 52.5 Å². The molecule has 2 atom stereocenters. The van der Waals surface area contributed by atoms with Crippen LogP contribution in [0.25, 0.3) is 11.0 Å². The largest absolute Gasteiger partial charge is 0.507 e. The molecule has 4 N–H and O–H groups in total. The fraction of sp³-hybridized carbons (Fsp3) is 0.286. The lowest BCUT2D eigenvalue weighted by molar-refractivity contribution is -0.123. The standard InChI is InChI=1S/C28H27N3O6/c1-6-15(27-30-16-9-7-8-10-17(16)31-27)29-13(3)20-18(33)11-19-28(5,26(20)36)22-24(35)12(2)23(34)21(14(4)32)25(22)37-19/h7-11,15,29,34-35H,6H2,1-5H3,(H,30,31)/b20-13+/t15?,28-/m1/s1. The van der Waals surface area contributed by atoms with Crippen molar-refractivity contribution in [2.24, 2.45) is 0 Å². The number of ether oxygens (including phenoxy) is 1. The highest BCUT2D eigenvalue weighted by atomic mass is 16.5. The number of phenols is 2. The van der Waals surface area contributed by atoms with Crippen LogP contribution in [0.5, 0.6) is 17.2 Å². The molecular weight excluding hydrogens is 474 g/mol. The lowest BCUT2D eigenvalue weighted by atomic mass is 9.70. The Morgan fingerprint density at radius 3 is 2.54 bits per heavy atom. The Kier molecular flexibility index (Phi) is 5.47. The van der Waals surface area contributed by atoms with Crippen molar-refractivity contribution >= 4 is 28.4 Å². The van der Waals surface area contributed by atoms with E-state index in [1.807, 2.05) is 31.2 Å². The van der Waals surface area contributed by atoms with Gasteiger partial charge in [0.05, 0.1) is 28.2 Å². The van der Waals surface area contributed by atoms with Gasteiger partial charge in [0.15, 0.2) is 17.3 Å². The smallest absolute Gasteiger partial charge is 0.194 e. The van der Waals surface area contributed by atoms with E-state index in [4.69, 9.17) is 4.74 Å². The fourth-order valence-electron chi connectivity index (χ4n) is 5.20. The number of benzene rings is 2. The Balaban J connectivity index is 1.61. The zero-order valence-corrected chi connectivity index (χ0v) is 21.1. The lowest BCUT2D eigenvalue weighted by Crippen LogP contribution is -2.41. The number of ketones is 3. The van der Waals surface area contributed by atoms with E-state index in [0.29, 0.717) is 17.9 Å². The third-order valence-electron chi connectivity index (χ3n) is 7.30. The summed E-state index contributed by atoms with van der Waals surface area (Å²) in [6, 6.07) is 7.32. The van der Waals surface area contributed by atoms with Crippen molar-refractivity contribution in [3.8, 4) is 17.2 Å². The van der Waals surface area contributed by atoms with E-state index < -0.39 is 28.5 Å². The number of para-hydroxylation sites is 2. The Hall–Kier alpha value is -4.40. The van der Waals surface area contributed by atoms with Crippen molar-refractivity contribution in [1.29, 1.82) is 0 Å². The van der Waals surface area contributed by atoms with Gasteiger partial charge in [-0.15, -0.1) is 0 Å². The van der Waals surface area contributed by atoms with Crippen LogP contribution in [0.2, 0.25) is 0 Å². The van der Waals surface area contributed by atoms with Crippen LogP contribution < -0.4 is 10.1 Å². The molecule has 190 valence electrons. The second kappa shape index (κ2) is 8.33. The Bertz CT molecular complexity index is 1560. The number of H-pyrrole nitrogens is 1. The van der Waals surface area contributed by atoms with Gasteiger partial charge in [0.2, 0.25) is 0 Å². The maximum atomic E-state index is 14.0. The first-order valence-corrected chi connectivity index (χ1v) is 12.0. The van der Waals surface area contributed by atoms with Crippen LogP contribution in [0.1, 0.15) is 67.5 Å². The second-order valence-electron chi connectivity index (χ2n) is 9.63. The molecule has 0 saturated carbocycles. The Morgan fingerprint density at radius 2 is 1.89 bits per heavy atom. The molecule has 0 amide bonds. The van der Waals surface area contributed by atoms with Crippen LogP contribution in [-0.2, 0) is 15.0 Å².